The fourth-order valence-electron chi connectivity index (χ4n) is 1.24. The Bertz CT molecular complexity index is 265. The molecule has 0 spiro atoms. The zero-order chi connectivity index (χ0) is 9.68. The Morgan fingerprint density at radius 1 is 1.54 bits per heavy atom. The normalized spacial score (nSPS) is 12.8. The summed E-state index contributed by atoms with van der Waals surface area (Å²) in [5.41, 5.74) is 6.80. The van der Waals surface area contributed by atoms with Gasteiger partial charge in [0.2, 0.25) is 0 Å². The van der Waals surface area contributed by atoms with E-state index in [2.05, 4.69) is 0 Å². The summed E-state index contributed by atoms with van der Waals surface area (Å²) in [5, 5.41) is 0. The number of thioether (sulfide) groups is 1. The van der Waals surface area contributed by atoms with Gasteiger partial charge < -0.3 is 5.73 Å². The van der Waals surface area contributed by atoms with E-state index in [9.17, 15) is 4.39 Å². The molecule has 0 radical (unpaired) electrons. The Balaban J connectivity index is 2.53. The first-order valence-corrected chi connectivity index (χ1v) is 5.60. The van der Waals surface area contributed by atoms with Crippen LogP contribution in [0.5, 0.6) is 0 Å². The molecule has 1 rings (SSSR count). The van der Waals surface area contributed by atoms with Gasteiger partial charge in [-0.1, -0.05) is 12.1 Å². The third kappa shape index (κ3) is 3.79. The van der Waals surface area contributed by atoms with Crippen LogP contribution in [0.15, 0.2) is 24.3 Å². The average Bonchev–Trinajstić information content (AvgIpc) is 2.04. The molecule has 0 bridgehead atoms. The predicted molar refractivity (Wildman–Crippen MR) is 56.5 cm³/mol. The second kappa shape index (κ2) is 5.25. The monoisotopic (exact) mass is 199 g/mol. The van der Waals surface area contributed by atoms with Crippen LogP contribution in [0, 0.1) is 5.82 Å². The van der Waals surface area contributed by atoms with Gasteiger partial charge in [0, 0.05) is 11.8 Å². The van der Waals surface area contributed by atoms with Gasteiger partial charge in [0.1, 0.15) is 5.82 Å². The standard InChI is InChI=1S/C10H14FNS/c1-13-7-10(12)6-8-3-2-4-9(11)5-8/h2-5,10H,6-7,12H2,1H3. The highest BCUT2D eigenvalue weighted by Gasteiger charge is 2.03. The van der Waals surface area contributed by atoms with E-state index in [1.165, 1.54) is 6.07 Å². The summed E-state index contributed by atoms with van der Waals surface area (Å²) in [5.74, 6) is 0.727. The topological polar surface area (TPSA) is 26.0 Å². The van der Waals surface area contributed by atoms with Crippen molar-refractivity contribution in [3.63, 3.8) is 0 Å². The molecular formula is C10H14FNS. The lowest BCUT2D eigenvalue weighted by Crippen LogP contribution is -2.25. The summed E-state index contributed by atoms with van der Waals surface area (Å²) < 4.78 is 12.8. The van der Waals surface area contributed by atoms with Crippen LogP contribution in [-0.4, -0.2) is 18.1 Å². The molecule has 2 N–H and O–H groups in total. The van der Waals surface area contributed by atoms with Gasteiger partial charge in [-0.05, 0) is 30.4 Å². The van der Waals surface area contributed by atoms with E-state index < -0.39 is 0 Å². The quantitative estimate of drug-likeness (QED) is 0.803. The van der Waals surface area contributed by atoms with Gasteiger partial charge in [0.15, 0.2) is 0 Å². The van der Waals surface area contributed by atoms with Gasteiger partial charge in [-0.2, -0.15) is 11.8 Å². The number of benzene rings is 1. The Labute approximate surface area is 82.5 Å². The van der Waals surface area contributed by atoms with E-state index in [0.29, 0.717) is 0 Å². The molecule has 1 unspecified atom stereocenters. The van der Waals surface area contributed by atoms with Crippen LogP contribution < -0.4 is 5.73 Å². The van der Waals surface area contributed by atoms with Gasteiger partial charge in [0.25, 0.3) is 0 Å². The van der Waals surface area contributed by atoms with Gasteiger partial charge in [-0.15, -0.1) is 0 Å². The van der Waals surface area contributed by atoms with Crippen LogP contribution in [0.2, 0.25) is 0 Å². The molecule has 1 aromatic rings. The van der Waals surface area contributed by atoms with E-state index in [0.717, 1.165) is 17.7 Å². The fourth-order valence-corrected chi connectivity index (χ4v) is 1.79. The maximum Gasteiger partial charge on any atom is 0.123 e. The molecule has 0 saturated heterocycles. The number of halogens is 1. The van der Waals surface area contributed by atoms with Gasteiger partial charge in [-0.3, -0.25) is 0 Å². The van der Waals surface area contributed by atoms with Crippen molar-refractivity contribution in [1.29, 1.82) is 0 Å². The third-order valence-electron chi connectivity index (χ3n) is 1.77. The average molecular weight is 199 g/mol. The molecule has 0 amide bonds. The Morgan fingerprint density at radius 2 is 2.31 bits per heavy atom. The van der Waals surface area contributed by atoms with Crippen LogP contribution in [0.1, 0.15) is 5.56 Å². The summed E-state index contributed by atoms with van der Waals surface area (Å²) in [6, 6.07) is 6.74. The first-order chi connectivity index (χ1) is 6.22. The second-order valence-corrected chi connectivity index (χ2v) is 3.96. The summed E-state index contributed by atoms with van der Waals surface area (Å²) in [4.78, 5) is 0. The summed E-state index contributed by atoms with van der Waals surface area (Å²) in [7, 11) is 0. The number of nitrogens with two attached hydrogens (primary N) is 1. The molecule has 0 heterocycles. The lowest BCUT2D eigenvalue weighted by molar-refractivity contribution is 0.623. The smallest absolute Gasteiger partial charge is 0.123 e. The van der Waals surface area contributed by atoms with Crippen LogP contribution in [0.4, 0.5) is 4.39 Å². The molecule has 0 aromatic heterocycles. The Kier molecular flexibility index (Phi) is 4.25. The molecule has 72 valence electrons. The van der Waals surface area contributed by atoms with Crippen molar-refractivity contribution < 1.29 is 4.39 Å². The van der Waals surface area contributed by atoms with E-state index in [1.807, 2.05) is 12.3 Å². The molecule has 1 nitrogen and oxygen atoms in total. The number of hydrogen-bond acceptors (Lipinski definition) is 2. The van der Waals surface area contributed by atoms with Crippen molar-refractivity contribution in [2.75, 3.05) is 12.0 Å². The van der Waals surface area contributed by atoms with Crippen LogP contribution in [0.3, 0.4) is 0 Å². The molecule has 0 aliphatic carbocycles. The summed E-state index contributed by atoms with van der Waals surface area (Å²) >= 11 is 1.71. The van der Waals surface area contributed by atoms with Gasteiger partial charge in [-0.25, -0.2) is 4.39 Å². The van der Waals surface area contributed by atoms with E-state index in [1.54, 1.807) is 23.9 Å². The SMILES string of the molecule is CSCC(N)Cc1cccc(F)c1. The highest BCUT2D eigenvalue weighted by Crippen LogP contribution is 2.07. The highest BCUT2D eigenvalue weighted by atomic mass is 32.2. The molecular weight excluding hydrogens is 185 g/mol. The molecule has 1 atom stereocenters. The van der Waals surface area contributed by atoms with Crippen LogP contribution in [-0.2, 0) is 6.42 Å². The molecule has 13 heavy (non-hydrogen) atoms. The number of rotatable bonds is 4. The minimum atomic E-state index is -0.186. The summed E-state index contributed by atoms with van der Waals surface area (Å²) in [6.45, 7) is 0. The van der Waals surface area contributed by atoms with E-state index in [-0.39, 0.29) is 11.9 Å². The highest BCUT2D eigenvalue weighted by molar-refractivity contribution is 7.98. The number of hydrogen-bond donors (Lipinski definition) is 1. The molecule has 0 aliphatic rings. The van der Waals surface area contributed by atoms with Crippen molar-refractivity contribution in [1.82, 2.24) is 0 Å². The zero-order valence-corrected chi connectivity index (χ0v) is 8.48. The second-order valence-electron chi connectivity index (χ2n) is 3.05. The lowest BCUT2D eigenvalue weighted by atomic mass is 10.1. The largest absolute Gasteiger partial charge is 0.327 e. The van der Waals surface area contributed by atoms with Crippen molar-refractivity contribution in [2.45, 2.75) is 12.5 Å². The molecule has 0 fully saturated rings. The minimum Gasteiger partial charge on any atom is -0.327 e. The third-order valence-corrected chi connectivity index (χ3v) is 2.53. The van der Waals surface area contributed by atoms with Crippen molar-refractivity contribution in [3.8, 4) is 0 Å². The fraction of sp³-hybridized carbons (Fsp3) is 0.400. The zero-order valence-electron chi connectivity index (χ0n) is 7.66. The first kappa shape index (κ1) is 10.5. The summed E-state index contributed by atoms with van der Waals surface area (Å²) in [6.07, 6.45) is 2.77. The first-order valence-electron chi connectivity index (χ1n) is 4.21. The van der Waals surface area contributed by atoms with Crippen molar-refractivity contribution in [3.05, 3.63) is 35.6 Å². The van der Waals surface area contributed by atoms with Crippen LogP contribution in [0.25, 0.3) is 0 Å². The molecule has 0 saturated carbocycles. The minimum absolute atomic E-state index is 0.122. The van der Waals surface area contributed by atoms with Gasteiger partial charge >= 0.3 is 0 Å². The van der Waals surface area contributed by atoms with Gasteiger partial charge in [0.05, 0.1) is 0 Å². The lowest BCUT2D eigenvalue weighted by Gasteiger charge is -2.09. The van der Waals surface area contributed by atoms with Crippen LogP contribution >= 0.6 is 11.8 Å². The maximum absolute atomic E-state index is 12.8. The predicted octanol–water partition coefficient (Wildman–Crippen LogP) is 2.06. The van der Waals surface area contributed by atoms with E-state index in [4.69, 9.17) is 5.73 Å². The molecule has 1 aromatic carbocycles. The maximum atomic E-state index is 12.8. The van der Waals surface area contributed by atoms with Crippen molar-refractivity contribution in [2.24, 2.45) is 5.73 Å². The van der Waals surface area contributed by atoms with E-state index >= 15 is 0 Å². The Morgan fingerprint density at radius 3 is 2.92 bits per heavy atom. The molecule has 0 aliphatic heterocycles. The van der Waals surface area contributed by atoms with Crippen molar-refractivity contribution >= 4 is 11.8 Å². The Hall–Kier alpha value is -0.540. The molecule has 3 heteroatoms.